The first-order chi connectivity index (χ1) is 9.54. The highest BCUT2D eigenvalue weighted by Crippen LogP contribution is 2.27. The molecule has 0 aromatic carbocycles. The number of nitrogens with one attached hydrogen (secondary N) is 1. The molecule has 20 heavy (non-hydrogen) atoms. The number of carbonyl (C=O) groups is 1. The Balaban J connectivity index is 2.22. The first-order valence-corrected chi connectivity index (χ1v) is 7.68. The van der Waals surface area contributed by atoms with Crippen molar-refractivity contribution < 1.29 is 4.79 Å². The normalized spacial score (nSPS) is 16.0. The summed E-state index contributed by atoms with van der Waals surface area (Å²) in [5.74, 6) is 0.435. The second kappa shape index (κ2) is 6.29. The number of aromatic nitrogens is 2. The number of hydrogen-bond acceptors (Lipinski definition) is 3. The van der Waals surface area contributed by atoms with Crippen molar-refractivity contribution in [2.24, 2.45) is 5.92 Å². The van der Waals surface area contributed by atoms with E-state index in [0.29, 0.717) is 23.3 Å². The van der Waals surface area contributed by atoms with Gasteiger partial charge in [0.05, 0.1) is 11.4 Å². The predicted molar refractivity (Wildman–Crippen MR) is 80.5 cm³/mol. The average molecular weight is 278 g/mol. The zero-order valence-corrected chi connectivity index (χ0v) is 12.8. The summed E-state index contributed by atoms with van der Waals surface area (Å²) in [6.45, 7) is 7.06. The molecule has 2 rings (SSSR count). The van der Waals surface area contributed by atoms with Crippen LogP contribution in [0.15, 0.2) is 0 Å². The summed E-state index contributed by atoms with van der Waals surface area (Å²) in [6, 6.07) is 0.353. The molecule has 0 aliphatic heterocycles. The van der Waals surface area contributed by atoms with E-state index in [-0.39, 0.29) is 5.91 Å². The fraction of sp³-hybridized carbons (Fsp3) is 0.733. The van der Waals surface area contributed by atoms with Gasteiger partial charge in [0, 0.05) is 12.6 Å². The summed E-state index contributed by atoms with van der Waals surface area (Å²) >= 11 is 0. The molecule has 5 nitrogen and oxygen atoms in total. The lowest BCUT2D eigenvalue weighted by Gasteiger charge is -2.30. The number of aryl methyl sites for hydroxylation is 1. The maximum atomic E-state index is 12.8. The molecule has 0 bridgehead atoms. The molecular weight excluding hydrogens is 252 g/mol. The van der Waals surface area contributed by atoms with Gasteiger partial charge in [-0.3, -0.25) is 9.89 Å². The zero-order chi connectivity index (χ0) is 14.7. The van der Waals surface area contributed by atoms with Crippen molar-refractivity contribution >= 4 is 11.6 Å². The van der Waals surface area contributed by atoms with Crippen LogP contribution in [-0.2, 0) is 6.42 Å². The summed E-state index contributed by atoms with van der Waals surface area (Å²) in [6.07, 6.45) is 5.39. The Morgan fingerprint density at radius 1 is 1.45 bits per heavy atom. The van der Waals surface area contributed by atoms with Gasteiger partial charge in [-0.1, -0.05) is 33.6 Å². The monoisotopic (exact) mass is 278 g/mol. The number of carbonyl (C=O) groups excluding carboxylic acids is 1. The molecule has 1 fully saturated rings. The molecule has 5 heteroatoms. The molecule has 1 amide bonds. The molecule has 0 radical (unpaired) electrons. The number of amides is 1. The molecule has 0 atom stereocenters. The maximum Gasteiger partial charge on any atom is 0.276 e. The zero-order valence-electron chi connectivity index (χ0n) is 12.8. The van der Waals surface area contributed by atoms with Crippen LogP contribution in [0, 0.1) is 5.92 Å². The summed E-state index contributed by atoms with van der Waals surface area (Å²) in [5, 5.41) is 7.03. The SMILES string of the molecule is CCc1[nH]nc(C(=O)N(CC(C)C)C2CCCC2)c1N. The second-order valence-corrected chi connectivity index (χ2v) is 6.11. The molecule has 3 N–H and O–H groups in total. The quantitative estimate of drug-likeness (QED) is 0.869. The van der Waals surface area contributed by atoms with Crippen molar-refractivity contribution in [3.05, 3.63) is 11.4 Å². The minimum absolute atomic E-state index is 0.0148. The lowest BCUT2D eigenvalue weighted by Crippen LogP contribution is -2.41. The van der Waals surface area contributed by atoms with Crippen molar-refractivity contribution in [3.63, 3.8) is 0 Å². The lowest BCUT2D eigenvalue weighted by atomic mass is 10.1. The van der Waals surface area contributed by atoms with Crippen LogP contribution >= 0.6 is 0 Å². The topological polar surface area (TPSA) is 75.0 Å². The maximum absolute atomic E-state index is 12.8. The van der Waals surface area contributed by atoms with E-state index in [4.69, 9.17) is 5.73 Å². The van der Waals surface area contributed by atoms with Gasteiger partial charge in [0.25, 0.3) is 5.91 Å². The number of hydrogen-bond donors (Lipinski definition) is 2. The van der Waals surface area contributed by atoms with Gasteiger partial charge in [-0.2, -0.15) is 5.10 Å². The third-order valence-electron chi connectivity index (χ3n) is 4.03. The Bertz CT molecular complexity index is 460. The number of nitrogens with two attached hydrogens (primary N) is 1. The third kappa shape index (κ3) is 2.97. The standard InChI is InChI=1S/C15H26N4O/c1-4-12-13(16)14(18-17-12)15(20)19(9-10(2)3)11-7-5-6-8-11/h10-11H,4-9,16H2,1-3H3,(H,17,18). The number of rotatable bonds is 5. The first kappa shape index (κ1) is 14.9. The average Bonchev–Trinajstić information content (AvgIpc) is 3.04. The highest BCUT2D eigenvalue weighted by Gasteiger charge is 2.30. The van der Waals surface area contributed by atoms with E-state index in [1.165, 1.54) is 12.8 Å². The van der Waals surface area contributed by atoms with Gasteiger partial charge in [0.2, 0.25) is 0 Å². The Morgan fingerprint density at radius 3 is 2.60 bits per heavy atom. The molecule has 0 saturated heterocycles. The molecule has 1 aliphatic carbocycles. The first-order valence-electron chi connectivity index (χ1n) is 7.68. The summed E-state index contributed by atoms with van der Waals surface area (Å²) in [4.78, 5) is 14.8. The van der Waals surface area contributed by atoms with Crippen LogP contribution in [0.4, 0.5) is 5.69 Å². The molecule has 0 unspecified atom stereocenters. The smallest absolute Gasteiger partial charge is 0.276 e. The largest absolute Gasteiger partial charge is 0.395 e. The van der Waals surface area contributed by atoms with E-state index in [9.17, 15) is 4.79 Å². The van der Waals surface area contributed by atoms with E-state index in [1.807, 2.05) is 11.8 Å². The van der Waals surface area contributed by atoms with Crippen LogP contribution in [0.25, 0.3) is 0 Å². The van der Waals surface area contributed by atoms with Crippen LogP contribution in [-0.4, -0.2) is 33.6 Å². The van der Waals surface area contributed by atoms with Gasteiger partial charge in [-0.15, -0.1) is 0 Å². The highest BCUT2D eigenvalue weighted by molar-refractivity contribution is 5.97. The minimum atomic E-state index is -0.0148. The molecule has 112 valence electrons. The fourth-order valence-electron chi connectivity index (χ4n) is 2.96. The van der Waals surface area contributed by atoms with Crippen molar-refractivity contribution in [2.75, 3.05) is 12.3 Å². The van der Waals surface area contributed by atoms with E-state index in [0.717, 1.165) is 31.5 Å². The molecular formula is C15H26N4O. The summed E-state index contributed by atoms with van der Waals surface area (Å²) in [7, 11) is 0. The summed E-state index contributed by atoms with van der Waals surface area (Å²) < 4.78 is 0. The van der Waals surface area contributed by atoms with Crippen LogP contribution < -0.4 is 5.73 Å². The van der Waals surface area contributed by atoms with Crippen molar-refractivity contribution in [1.82, 2.24) is 15.1 Å². The second-order valence-electron chi connectivity index (χ2n) is 6.11. The van der Waals surface area contributed by atoms with Gasteiger partial charge >= 0.3 is 0 Å². The Labute approximate surface area is 120 Å². The molecule has 1 saturated carbocycles. The number of anilines is 1. The molecule has 1 aromatic heterocycles. The molecule has 1 aliphatic rings. The van der Waals surface area contributed by atoms with Crippen molar-refractivity contribution in [1.29, 1.82) is 0 Å². The molecule has 1 aromatic rings. The lowest BCUT2D eigenvalue weighted by molar-refractivity contribution is 0.0650. The fourth-order valence-corrected chi connectivity index (χ4v) is 2.96. The van der Waals surface area contributed by atoms with Gasteiger partial charge in [0.15, 0.2) is 5.69 Å². The minimum Gasteiger partial charge on any atom is -0.395 e. The van der Waals surface area contributed by atoms with Gasteiger partial charge in [-0.05, 0) is 25.2 Å². The van der Waals surface area contributed by atoms with Gasteiger partial charge in [-0.25, -0.2) is 0 Å². The molecule has 0 spiro atoms. The van der Waals surface area contributed by atoms with E-state index >= 15 is 0 Å². The van der Waals surface area contributed by atoms with Crippen LogP contribution in [0.3, 0.4) is 0 Å². The van der Waals surface area contributed by atoms with Crippen molar-refractivity contribution in [3.8, 4) is 0 Å². The van der Waals surface area contributed by atoms with Crippen LogP contribution in [0.2, 0.25) is 0 Å². The summed E-state index contributed by atoms with van der Waals surface area (Å²) in [5.41, 5.74) is 7.81. The third-order valence-corrected chi connectivity index (χ3v) is 4.03. The van der Waals surface area contributed by atoms with Gasteiger partial charge < -0.3 is 10.6 Å². The predicted octanol–water partition coefficient (Wildman–Crippen LogP) is 2.60. The van der Waals surface area contributed by atoms with E-state index in [1.54, 1.807) is 0 Å². The van der Waals surface area contributed by atoms with E-state index < -0.39 is 0 Å². The molecule has 1 heterocycles. The number of aromatic amines is 1. The van der Waals surface area contributed by atoms with E-state index in [2.05, 4.69) is 24.0 Å². The Morgan fingerprint density at radius 2 is 2.10 bits per heavy atom. The number of H-pyrrole nitrogens is 1. The van der Waals surface area contributed by atoms with Crippen molar-refractivity contribution in [2.45, 2.75) is 58.9 Å². The Kier molecular flexibility index (Phi) is 4.68. The van der Waals surface area contributed by atoms with Gasteiger partial charge in [0.1, 0.15) is 0 Å². The van der Waals surface area contributed by atoms with Crippen LogP contribution in [0.5, 0.6) is 0 Å². The Hall–Kier alpha value is -1.52. The van der Waals surface area contributed by atoms with Crippen LogP contribution in [0.1, 0.15) is 62.6 Å². The number of nitrogen functional groups attached to an aromatic ring is 1. The highest BCUT2D eigenvalue weighted by atomic mass is 16.2. The number of nitrogens with zero attached hydrogens (tertiary/aromatic N) is 2.